The van der Waals surface area contributed by atoms with E-state index in [9.17, 15) is 9.59 Å². The number of hydrogen-bond donors (Lipinski definition) is 1. The number of carbonyl (C=O) groups excluding carboxylic acids is 2. The summed E-state index contributed by atoms with van der Waals surface area (Å²) < 4.78 is 0. The van der Waals surface area contributed by atoms with Crippen molar-refractivity contribution in [1.82, 2.24) is 20.1 Å². The van der Waals surface area contributed by atoms with E-state index in [1.165, 1.54) is 6.42 Å². The highest BCUT2D eigenvalue weighted by molar-refractivity contribution is 5.89. The molecule has 1 aromatic heterocycles. The fourth-order valence-electron chi connectivity index (χ4n) is 3.69. The molecule has 0 spiro atoms. The molecule has 0 aliphatic carbocycles. The zero-order valence-electron chi connectivity index (χ0n) is 14.3. The van der Waals surface area contributed by atoms with Crippen molar-refractivity contribution >= 4 is 11.8 Å². The minimum Gasteiger partial charge on any atom is -0.354 e. The van der Waals surface area contributed by atoms with Crippen molar-refractivity contribution in [3.05, 3.63) is 30.1 Å². The number of amides is 2. The summed E-state index contributed by atoms with van der Waals surface area (Å²) in [6.45, 7) is 5.97. The van der Waals surface area contributed by atoms with Gasteiger partial charge in [0.1, 0.15) is 0 Å². The number of pyridine rings is 1. The molecule has 3 rings (SSSR count). The molecular formula is C18H26N4O2. The van der Waals surface area contributed by atoms with Crippen molar-refractivity contribution in [3.8, 4) is 0 Å². The van der Waals surface area contributed by atoms with E-state index in [0.29, 0.717) is 32.1 Å². The highest BCUT2D eigenvalue weighted by atomic mass is 16.2. The third kappa shape index (κ3) is 3.93. The van der Waals surface area contributed by atoms with Gasteiger partial charge in [0, 0.05) is 31.7 Å². The molecule has 2 aliphatic rings. The summed E-state index contributed by atoms with van der Waals surface area (Å²) in [6, 6.07) is 6.11. The van der Waals surface area contributed by atoms with Crippen LogP contribution in [0, 0.1) is 5.92 Å². The Morgan fingerprint density at radius 2 is 2.29 bits per heavy atom. The SMILES string of the molecule is CCN1CCC[C@@H]1CNC(=O)[C@H]1CC(=O)N(Cc2ccccn2)C1. The molecule has 6 nitrogen and oxygen atoms in total. The van der Waals surface area contributed by atoms with Crippen LogP contribution in [-0.4, -0.2) is 58.8 Å². The number of hydrogen-bond acceptors (Lipinski definition) is 4. The van der Waals surface area contributed by atoms with Crippen LogP contribution in [0.2, 0.25) is 0 Å². The van der Waals surface area contributed by atoms with Crippen molar-refractivity contribution < 1.29 is 9.59 Å². The maximum Gasteiger partial charge on any atom is 0.225 e. The lowest BCUT2D eigenvalue weighted by atomic mass is 10.1. The lowest BCUT2D eigenvalue weighted by Gasteiger charge is -2.23. The van der Waals surface area contributed by atoms with Crippen LogP contribution in [0.1, 0.15) is 31.9 Å². The number of nitrogens with one attached hydrogen (secondary N) is 1. The Kier molecular flexibility index (Phi) is 5.45. The molecule has 0 radical (unpaired) electrons. The monoisotopic (exact) mass is 330 g/mol. The molecule has 0 saturated carbocycles. The topological polar surface area (TPSA) is 65.5 Å². The quantitative estimate of drug-likeness (QED) is 0.846. The van der Waals surface area contributed by atoms with Gasteiger partial charge < -0.3 is 10.2 Å². The third-order valence-corrected chi connectivity index (χ3v) is 5.08. The number of likely N-dealkylation sites (tertiary alicyclic amines) is 2. The van der Waals surface area contributed by atoms with Crippen molar-refractivity contribution in [2.24, 2.45) is 5.92 Å². The molecule has 2 aliphatic heterocycles. The van der Waals surface area contributed by atoms with Crippen molar-refractivity contribution in [2.75, 3.05) is 26.2 Å². The first-order valence-corrected chi connectivity index (χ1v) is 8.86. The maximum atomic E-state index is 12.4. The van der Waals surface area contributed by atoms with Gasteiger partial charge in [0.25, 0.3) is 0 Å². The van der Waals surface area contributed by atoms with Crippen LogP contribution in [0.5, 0.6) is 0 Å². The normalized spacial score (nSPS) is 24.5. The van der Waals surface area contributed by atoms with Gasteiger partial charge in [-0.25, -0.2) is 0 Å². The Balaban J connectivity index is 1.49. The Labute approximate surface area is 143 Å². The molecule has 2 amide bonds. The zero-order chi connectivity index (χ0) is 16.9. The van der Waals surface area contributed by atoms with Gasteiger partial charge in [0.2, 0.25) is 11.8 Å². The Bertz CT molecular complexity index is 578. The molecule has 2 saturated heterocycles. The number of carbonyl (C=O) groups is 2. The number of nitrogens with zero attached hydrogens (tertiary/aromatic N) is 3. The smallest absolute Gasteiger partial charge is 0.225 e. The Hall–Kier alpha value is -1.95. The predicted octanol–water partition coefficient (Wildman–Crippen LogP) is 1.03. The van der Waals surface area contributed by atoms with Gasteiger partial charge >= 0.3 is 0 Å². The van der Waals surface area contributed by atoms with E-state index in [2.05, 4.69) is 22.1 Å². The van der Waals surface area contributed by atoms with E-state index in [0.717, 1.165) is 25.2 Å². The number of rotatable bonds is 6. The lowest BCUT2D eigenvalue weighted by Crippen LogP contribution is -2.42. The van der Waals surface area contributed by atoms with Gasteiger partial charge in [-0.15, -0.1) is 0 Å². The first-order chi connectivity index (χ1) is 11.7. The first-order valence-electron chi connectivity index (χ1n) is 8.86. The standard InChI is InChI=1S/C18H26N4O2/c1-2-21-9-5-7-16(21)11-20-18(24)14-10-17(23)22(12-14)13-15-6-3-4-8-19-15/h3-4,6,8,14,16H,2,5,7,9-13H2,1H3,(H,20,24)/t14-,16+/m0/s1. The van der Waals surface area contributed by atoms with E-state index in [1.54, 1.807) is 11.1 Å². The Morgan fingerprint density at radius 3 is 3.04 bits per heavy atom. The number of aromatic nitrogens is 1. The molecule has 0 aromatic carbocycles. The van der Waals surface area contributed by atoms with E-state index >= 15 is 0 Å². The third-order valence-electron chi connectivity index (χ3n) is 5.08. The lowest BCUT2D eigenvalue weighted by molar-refractivity contribution is -0.129. The van der Waals surface area contributed by atoms with Crippen molar-refractivity contribution in [1.29, 1.82) is 0 Å². The van der Waals surface area contributed by atoms with Gasteiger partial charge in [0.15, 0.2) is 0 Å². The molecule has 6 heteroatoms. The molecule has 2 fully saturated rings. The summed E-state index contributed by atoms with van der Waals surface area (Å²) in [6.07, 6.45) is 4.37. The molecule has 1 N–H and O–H groups in total. The van der Waals surface area contributed by atoms with Crippen LogP contribution in [0.15, 0.2) is 24.4 Å². The van der Waals surface area contributed by atoms with Crippen LogP contribution in [0.25, 0.3) is 0 Å². The fourth-order valence-corrected chi connectivity index (χ4v) is 3.69. The second-order valence-corrected chi connectivity index (χ2v) is 6.67. The van der Waals surface area contributed by atoms with Crippen LogP contribution in [-0.2, 0) is 16.1 Å². The summed E-state index contributed by atoms with van der Waals surface area (Å²) in [5.41, 5.74) is 0.858. The van der Waals surface area contributed by atoms with Crippen LogP contribution < -0.4 is 5.32 Å². The molecule has 0 bridgehead atoms. The average molecular weight is 330 g/mol. The molecule has 1 aromatic rings. The summed E-state index contributed by atoms with van der Waals surface area (Å²) >= 11 is 0. The molecule has 24 heavy (non-hydrogen) atoms. The second-order valence-electron chi connectivity index (χ2n) is 6.67. The molecular weight excluding hydrogens is 304 g/mol. The van der Waals surface area contributed by atoms with E-state index < -0.39 is 0 Å². The number of likely N-dealkylation sites (N-methyl/N-ethyl adjacent to an activating group) is 1. The van der Waals surface area contributed by atoms with E-state index in [4.69, 9.17) is 0 Å². The van der Waals surface area contributed by atoms with Gasteiger partial charge in [-0.1, -0.05) is 13.0 Å². The Morgan fingerprint density at radius 1 is 1.42 bits per heavy atom. The summed E-state index contributed by atoms with van der Waals surface area (Å²) in [7, 11) is 0. The van der Waals surface area contributed by atoms with E-state index in [-0.39, 0.29) is 17.7 Å². The van der Waals surface area contributed by atoms with Crippen LogP contribution in [0.3, 0.4) is 0 Å². The van der Waals surface area contributed by atoms with Crippen LogP contribution >= 0.6 is 0 Å². The van der Waals surface area contributed by atoms with Gasteiger partial charge in [-0.05, 0) is 38.1 Å². The second kappa shape index (κ2) is 7.75. The highest BCUT2D eigenvalue weighted by Crippen LogP contribution is 2.20. The first kappa shape index (κ1) is 16.9. The van der Waals surface area contributed by atoms with Crippen molar-refractivity contribution in [2.45, 2.75) is 38.8 Å². The molecule has 3 heterocycles. The summed E-state index contributed by atoms with van der Waals surface area (Å²) in [5, 5.41) is 3.06. The van der Waals surface area contributed by atoms with Gasteiger partial charge in [0.05, 0.1) is 18.2 Å². The largest absolute Gasteiger partial charge is 0.354 e. The summed E-state index contributed by atoms with van der Waals surface area (Å²) in [4.78, 5) is 33.0. The highest BCUT2D eigenvalue weighted by Gasteiger charge is 2.35. The van der Waals surface area contributed by atoms with Gasteiger partial charge in [-0.2, -0.15) is 0 Å². The predicted molar refractivity (Wildman–Crippen MR) is 91.0 cm³/mol. The van der Waals surface area contributed by atoms with E-state index in [1.807, 2.05) is 18.2 Å². The minimum absolute atomic E-state index is 0.00910. The molecule has 0 unspecified atom stereocenters. The van der Waals surface area contributed by atoms with Crippen molar-refractivity contribution in [3.63, 3.8) is 0 Å². The minimum atomic E-state index is -0.238. The fraction of sp³-hybridized carbons (Fsp3) is 0.611. The van der Waals surface area contributed by atoms with Crippen LogP contribution in [0.4, 0.5) is 0 Å². The maximum absolute atomic E-state index is 12.4. The zero-order valence-corrected chi connectivity index (χ0v) is 14.3. The molecule has 2 atom stereocenters. The van der Waals surface area contributed by atoms with Gasteiger partial charge in [-0.3, -0.25) is 19.5 Å². The molecule has 130 valence electrons. The summed E-state index contributed by atoms with van der Waals surface area (Å²) in [5.74, 6) is -0.190. The average Bonchev–Trinajstić information content (AvgIpc) is 3.20.